The summed E-state index contributed by atoms with van der Waals surface area (Å²) in [6.45, 7) is 2.16. The molecule has 1 aromatic rings. The lowest BCUT2D eigenvalue weighted by Gasteiger charge is -2.31. The topological polar surface area (TPSA) is 101 Å². The lowest BCUT2D eigenvalue weighted by atomic mass is 9.96. The van der Waals surface area contributed by atoms with Crippen molar-refractivity contribution < 1.29 is 19.6 Å². The smallest absolute Gasteiger partial charge is 0.308 e. The molecule has 112 valence electrons. The van der Waals surface area contributed by atoms with Gasteiger partial charge in [-0.15, -0.1) is 0 Å². The third-order valence-corrected chi connectivity index (χ3v) is 3.72. The van der Waals surface area contributed by atoms with E-state index in [0.717, 1.165) is 0 Å². The number of benzene rings is 1. The van der Waals surface area contributed by atoms with Gasteiger partial charge in [0.15, 0.2) is 0 Å². The Morgan fingerprint density at radius 3 is 2.76 bits per heavy atom. The fraction of sp³-hybridized carbons (Fsp3) is 0.429. The van der Waals surface area contributed by atoms with Gasteiger partial charge in [0.1, 0.15) is 5.56 Å². The van der Waals surface area contributed by atoms with Crippen molar-refractivity contribution in [3.8, 4) is 0 Å². The number of carboxylic acid groups (broad SMARTS) is 1. The van der Waals surface area contributed by atoms with Crippen molar-refractivity contribution in [2.45, 2.75) is 19.8 Å². The van der Waals surface area contributed by atoms with E-state index in [2.05, 4.69) is 0 Å². The largest absolute Gasteiger partial charge is 0.481 e. The van der Waals surface area contributed by atoms with Gasteiger partial charge in [0.05, 0.1) is 10.8 Å². The molecule has 1 N–H and O–H groups in total. The number of hydrogen-bond donors (Lipinski definition) is 1. The number of carbonyl (C=O) groups is 2. The van der Waals surface area contributed by atoms with Crippen LogP contribution in [0.2, 0.25) is 0 Å². The van der Waals surface area contributed by atoms with E-state index < -0.39 is 22.7 Å². The van der Waals surface area contributed by atoms with Crippen molar-refractivity contribution >= 4 is 17.6 Å². The van der Waals surface area contributed by atoms with Gasteiger partial charge >= 0.3 is 5.97 Å². The summed E-state index contributed by atoms with van der Waals surface area (Å²) in [4.78, 5) is 35.5. The monoisotopic (exact) mass is 292 g/mol. The van der Waals surface area contributed by atoms with Gasteiger partial charge in [0, 0.05) is 19.2 Å². The highest BCUT2D eigenvalue weighted by atomic mass is 16.6. The minimum Gasteiger partial charge on any atom is -0.481 e. The molecule has 1 heterocycles. The molecule has 1 atom stereocenters. The molecule has 2 rings (SSSR count). The first-order chi connectivity index (χ1) is 9.91. The average molecular weight is 292 g/mol. The number of aryl methyl sites for hydroxylation is 1. The van der Waals surface area contributed by atoms with Gasteiger partial charge in [-0.25, -0.2) is 0 Å². The van der Waals surface area contributed by atoms with Gasteiger partial charge in [-0.05, 0) is 25.3 Å². The number of nitrogens with zero attached hydrogens (tertiary/aromatic N) is 2. The van der Waals surface area contributed by atoms with Crippen LogP contribution in [0.3, 0.4) is 0 Å². The Morgan fingerprint density at radius 2 is 2.14 bits per heavy atom. The minimum absolute atomic E-state index is 0.0496. The highest BCUT2D eigenvalue weighted by Gasteiger charge is 2.32. The van der Waals surface area contributed by atoms with E-state index in [4.69, 9.17) is 5.11 Å². The molecular weight excluding hydrogens is 276 g/mol. The number of piperidine rings is 1. The van der Waals surface area contributed by atoms with E-state index >= 15 is 0 Å². The predicted octanol–water partition coefficient (Wildman–Crippen LogP) is 1.84. The lowest BCUT2D eigenvalue weighted by Crippen LogP contribution is -2.42. The van der Waals surface area contributed by atoms with Crippen LogP contribution in [0.25, 0.3) is 0 Å². The summed E-state index contributed by atoms with van der Waals surface area (Å²) >= 11 is 0. The van der Waals surface area contributed by atoms with Gasteiger partial charge in [-0.2, -0.15) is 0 Å². The molecule has 0 bridgehead atoms. The highest BCUT2D eigenvalue weighted by molar-refractivity contribution is 5.99. The summed E-state index contributed by atoms with van der Waals surface area (Å²) in [5.74, 6) is -2.01. The summed E-state index contributed by atoms with van der Waals surface area (Å²) in [6.07, 6.45) is 1.11. The third kappa shape index (κ3) is 3.01. The van der Waals surface area contributed by atoms with E-state index in [1.165, 1.54) is 17.0 Å². The number of nitro groups is 1. The first-order valence-electron chi connectivity index (χ1n) is 6.68. The van der Waals surface area contributed by atoms with Gasteiger partial charge in [-0.3, -0.25) is 19.7 Å². The quantitative estimate of drug-likeness (QED) is 0.676. The third-order valence-electron chi connectivity index (χ3n) is 3.72. The molecule has 1 aromatic carbocycles. The number of aliphatic carboxylic acids is 1. The van der Waals surface area contributed by atoms with E-state index in [9.17, 15) is 19.7 Å². The molecule has 7 heteroatoms. The molecule has 1 saturated heterocycles. The first-order valence-corrected chi connectivity index (χ1v) is 6.68. The zero-order valence-corrected chi connectivity index (χ0v) is 11.6. The second-order valence-electron chi connectivity index (χ2n) is 5.15. The lowest BCUT2D eigenvalue weighted by molar-refractivity contribution is -0.385. The summed E-state index contributed by atoms with van der Waals surface area (Å²) in [5, 5.41) is 20.1. The SMILES string of the molecule is Cc1cccc([N+](=O)[O-])c1C(=O)N1CCCC(C(=O)O)C1. The predicted molar refractivity (Wildman–Crippen MR) is 74.1 cm³/mol. The molecule has 1 unspecified atom stereocenters. The molecule has 0 saturated carbocycles. The van der Waals surface area contributed by atoms with Crippen LogP contribution in [0.5, 0.6) is 0 Å². The normalized spacial score (nSPS) is 18.3. The summed E-state index contributed by atoms with van der Waals surface area (Å²) in [5.41, 5.74) is 0.331. The van der Waals surface area contributed by atoms with Crippen LogP contribution >= 0.6 is 0 Å². The fourth-order valence-electron chi connectivity index (χ4n) is 2.60. The number of nitro benzene ring substituents is 1. The Morgan fingerprint density at radius 1 is 1.43 bits per heavy atom. The van der Waals surface area contributed by atoms with Crippen molar-refractivity contribution in [2.24, 2.45) is 5.92 Å². The molecule has 0 radical (unpaired) electrons. The number of hydrogen-bond acceptors (Lipinski definition) is 4. The van der Waals surface area contributed by atoms with Gasteiger partial charge < -0.3 is 10.0 Å². The van der Waals surface area contributed by atoms with Gasteiger partial charge in [-0.1, -0.05) is 12.1 Å². The fourth-order valence-corrected chi connectivity index (χ4v) is 2.60. The Labute approximate surface area is 121 Å². The van der Waals surface area contributed by atoms with Crippen molar-refractivity contribution in [2.75, 3.05) is 13.1 Å². The molecule has 1 aliphatic heterocycles. The number of carbonyl (C=O) groups excluding carboxylic acids is 1. The molecular formula is C14H16N2O5. The second kappa shape index (κ2) is 5.90. The van der Waals surface area contributed by atoms with Crippen molar-refractivity contribution in [3.63, 3.8) is 0 Å². The van der Waals surface area contributed by atoms with Crippen molar-refractivity contribution in [1.29, 1.82) is 0 Å². The van der Waals surface area contributed by atoms with E-state index in [0.29, 0.717) is 24.9 Å². The molecule has 1 amide bonds. The van der Waals surface area contributed by atoms with Crippen LogP contribution in [0, 0.1) is 23.0 Å². The zero-order valence-electron chi connectivity index (χ0n) is 11.6. The Hall–Kier alpha value is -2.44. The molecule has 0 aliphatic carbocycles. The maximum Gasteiger partial charge on any atom is 0.308 e. The number of likely N-dealkylation sites (tertiary alicyclic amines) is 1. The highest BCUT2D eigenvalue weighted by Crippen LogP contribution is 2.26. The van der Waals surface area contributed by atoms with E-state index in [1.807, 2.05) is 0 Å². The maximum absolute atomic E-state index is 12.5. The summed E-state index contributed by atoms with van der Waals surface area (Å²) in [7, 11) is 0. The van der Waals surface area contributed by atoms with Crippen LogP contribution in [0.15, 0.2) is 18.2 Å². The second-order valence-corrected chi connectivity index (χ2v) is 5.15. The van der Waals surface area contributed by atoms with Crippen LogP contribution in [0.4, 0.5) is 5.69 Å². The Bertz CT molecular complexity index is 599. The molecule has 7 nitrogen and oxygen atoms in total. The van der Waals surface area contributed by atoms with E-state index in [1.54, 1.807) is 13.0 Å². The number of rotatable bonds is 3. The average Bonchev–Trinajstić information content (AvgIpc) is 2.46. The zero-order chi connectivity index (χ0) is 15.6. The van der Waals surface area contributed by atoms with Crippen molar-refractivity contribution in [3.05, 3.63) is 39.4 Å². The molecule has 1 aliphatic rings. The van der Waals surface area contributed by atoms with Crippen LogP contribution in [-0.4, -0.2) is 39.9 Å². The molecule has 0 aromatic heterocycles. The van der Waals surface area contributed by atoms with Crippen molar-refractivity contribution in [1.82, 2.24) is 4.90 Å². The molecule has 0 spiro atoms. The standard InChI is InChI=1S/C14H16N2O5/c1-9-4-2-6-11(16(20)21)12(9)13(17)15-7-3-5-10(8-15)14(18)19/h2,4,6,10H,3,5,7-8H2,1H3,(H,18,19). The van der Waals surface area contributed by atoms with E-state index in [-0.39, 0.29) is 17.8 Å². The summed E-state index contributed by atoms with van der Waals surface area (Å²) in [6, 6.07) is 4.46. The van der Waals surface area contributed by atoms with Crippen LogP contribution < -0.4 is 0 Å². The van der Waals surface area contributed by atoms with Crippen LogP contribution in [0.1, 0.15) is 28.8 Å². The Balaban J connectivity index is 2.32. The maximum atomic E-state index is 12.5. The van der Waals surface area contributed by atoms with Crippen LogP contribution in [-0.2, 0) is 4.79 Å². The molecule has 21 heavy (non-hydrogen) atoms. The molecule has 1 fully saturated rings. The number of amides is 1. The van der Waals surface area contributed by atoms with Gasteiger partial charge in [0.2, 0.25) is 0 Å². The summed E-state index contributed by atoms with van der Waals surface area (Å²) < 4.78 is 0. The number of carboxylic acids is 1. The first kappa shape index (κ1) is 15.0. The van der Waals surface area contributed by atoms with Gasteiger partial charge in [0.25, 0.3) is 11.6 Å². The Kier molecular flexibility index (Phi) is 4.21. The minimum atomic E-state index is -0.938.